The molecule has 0 aromatic heterocycles. The van der Waals surface area contributed by atoms with Gasteiger partial charge in [-0.2, -0.15) is 0 Å². The summed E-state index contributed by atoms with van der Waals surface area (Å²) < 4.78 is 23.0. The number of nitrogens with zero attached hydrogens (tertiary/aromatic N) is 1. The van der Waals surface area contributed by atoms with Gasteiger partial charge in [0, 0.05) is 25.0 Å². The van der Waals surface area contributed by atoms with Crippen LogP contribution in [0.15, 0.2) is 0 Å². The molecule has 2 fully saturated rings. The van der Waals surface area contributed by atoms with E-state index in [1.54, 1.807) is 4.90 Å². The summed E-state index contributed by atoms with van der Waals surface area (Å²) in [6, 6.07) is -0.0898. The van der Waals surface area contributed by atoms with E-state index in [9.17, 15) is 13.2 Å². The van der Waals surface area contributed by atoms with E-state index in [0.717, 1.165) is 13.0 Å². The first kappa shape index (κ1) is 12.8. The molecule has 2 atom stereocenters. The maximum Gasteiger partial charge on any atom is 0.226 e. The van der Waals surface area contributed by atoms with Gasteiger partial charge in [0.1, 0.15) is 0 Å². The highest BCUT2D eigenvalue weighted by Gasteiger charge is 2.36. The second-order valence-corrected chi connectivity index (χ2v) is 7.28. The molecule has 0 aromatic carbocycles. The van der Waals surface area contributed by atoms with Crippen molar-refractivity contribution >= 4 is 15.7 Å². The van der Waals surface area contributed by atoms with E-state index in [1.807, 2.05) is 6.92 Å². The van der Waals surface area contributed by atoms with Crippen molar-refractivity contribution in [2.24, 2.45) is 5.92 Å². The summed E-state index contributed by atoms with van der Waals surface area (Å²) in [6.07, 6.45) is 1.50. The van der Waals surface area contributed by atoms with Crippen molar-refractivity contribution < 1.29 is 13.2 Å². The van der Waals surface area contributed by atoms with Gasteiger partial charge in [-0.15, -0.1) is 0 Å². The summed E-state index contributed by atoms with van der Waals surface area (Å²) in [4.78, 5) is 14.0. The summed E-state index contributed by atoms with van der Waals surface area (Å²) in [5, 5.41) is 3.23. The molecule has 2 rings (SSSR count). The number of hydrogen-bond donors (Lipinski definition) is 1. The van der Waals surface area contributed by atoms with E-state index in [4.69, 9.17) is 0 Å². The molecular weight excluding hydrogens is 240 g/mol. The van der Waals surface area contributed by atoms with Crippen molar-refractivity contribution in [3.8, 4) is 0 Å². The molecule has 0 spiro atoms. The third-order valence-electron chi connectivity index (χ3n) is 3.56. The Kier molecular flexibility index (Phi) is 3.73. The van der Waals surface area contributed by atoms with Gasteiger partial charge < -0.3 is 10.2 Å². The van der Waals surface area contributed by atoms with Gasteiger partial charge in [-0.25, -0.2) is 8.42 Å². The quantitative estimate of drug-likeness (QED) is 0.698. The number of sulfone groups is 1. The number of carbonyl (C=O) groups excluding carboxylic acids is 1. The molecule has 6 heteroatoms. The first-order chi connectivity index (χ1) is 7.99. The number of rotatable bonds is 1. The van der Waals surface area contributed by atoms with Crippen molar-refractivity contribution in [3.05, 3.63) is 0 Å². The Hall–Kier alpha value is -0.620. The van der Waals surface area contributed by atoms with Gasteiger partial charge >= 0.3 is 0 Å². The fourth-order valence-electron chi connectivity index (χ4n) is 2.56. The molecule has 2 heterocycles. The Morgan fingerprint density at radius 3 is 2.82 bits per heavy atom. The second-order valence-electron chi connectivity index (χ2n) is 5.05. The fourth-order valence-corrected chi connectivity index (χ4v) is 4.29. The molecule has 2 aliphatic heterocycles. The van der Waals surface area contributed by atoms with Crippen LogP contribution in [-0.4, -0.2) is 56.4 Å². The molecule has 1 amide bonds. The van der Waals surface area contributed by atoms with Crippen molar-refractivity contribution in [1.29, 1.82) is 0 Å². The average Bonchev–Trinajstić information content (AvgIpc) is 2.60. The van der Waals surface area contributed by atoms with Gasteiger partial charge in [-0.1, -0.05) is 6.92 Å². The van der Waals surface area contributed by atoms with Crippen LogP contribution in [0.3, 0.4) is 0 Å². The van der Waals surface area contributed by atoms with Crippen molar-refractivity contribution in [1.82, 2.24) is 10.2 Å². The van der Waals surface area contributed by atoms with Crippen molar-refractivity contribution in [2.75, 3.05) is 31.1 Å². The molecule has 0 bridgehead atoms. The standard InChI is InChI=1S/C11H20N2O3S/c1-9-7-12-4-2-5-13(11(9)14)10-3-6-17(15,16)8-10/h9-10,12H,2-8H2,1H3. The highest BCUT2D eigenvalue weighted by atomic mass is 32.2. The van der Waals surface area contributed by atoms with Gasteiger partial charge in [-0.3, -0.25) is 4.79 Å². The third-order valence-corrected chi connectivity index (χ3v) is 5.31. The lowest BCUT2D eigenvalue weighted by atomic mass is 10.1. The van der Waals surface area contributed by atoms with E-state index in [0.29, 0.717) is 19.5 Å². The van der Waals surface area contributed by atoms with Crippen LogP contribution in [0.1, 0.15) is 19.8 Å². The predicted octanol–water partition coefficient (Wildman–Crippen LogP) is -0.368. The molecule has 0 aromatic rings. The van der Waals surface area contributed by atoms with Crippen LogP contribution in [0, 0.1) is 5.92 Å². The molecule has 1 N–H and O–H groups in total. The predicted molar refractivity (Wildman–Crippen MR) is 65.4 cm³/mol. The molecular formula is C11H20N2O3S. The Morgan fingerprint density at radius 1 is 1.41 bits per heavy atom. The lowest BCUT2D eigenvalue weighted by Gasteiger charge is -2.32. The maximum absolute atomic E-state index is 12.2. The second kappa shape index (κ2) is 4.94. The van der Waals surface area contributed by atoms with Gasteiger partial charge in [-0.05, 0) is 19.4 Å². The van der Waals surface area contributed by atoms with E-state index < -0.39 is 9.84 Å². The molecule has 5 nitrogen and oxygen atoms in total. The van der Waals surface area contributed by atoms with Crippen LogP contribution in [0.5, 0.6) is 0 Å². The summed E-state index contributed by atoms with van der Waals surface area (Å²) in [5.41, 5.74) is 0. The highest BCUT2D eigenvalue weighted by Crippen LogP contribution is 2.20. The van der Waals surface area contributed by atoms with Crippen LogP contribution in [-0.2, 0) is 14.6 Å². The summed E-state index contributed by atoms with van der Waals surface area (Å²) in [7, 11) is -2.92. The third kappa shape index (κ3) is 2.98. The first-order valence-electron chi connectivity index (χ1n) is 6.21. The summed E-state index contributed by atoms with van der Waals surface area (Å²) in [5.74, 6) is 0.422. The highest BCUT2D eigenvalue weighted by molar-refractivity contribution is 7.91. The summed E-state index contributed by atoms with van der Waals surface area (Å²) >= 11 is 0. The van der Waals surface area contributed by atoms with Gasteiger partial charge in [0.2, 0.25) is 5.91 Å². The molecule has 0 aliphatic carbocycles. The minimum Gasteiger partial charge on any atom is -0.338 e. The van der Waals surface area contributed by atoms with Crippen molar-refractivity contribution in [3.63, 3.8) is 0 Å². The maximum atomic E-state index is 12.2. The molecule has 0 radical (unpaired) electrons. The Bertz CT molecular complexity index is 394. The fraction of sp³-hybridized carbons (Fsp3) is 0.909. The molecule has 98 valence electrons. The lowest BCUT2D eigenvalue weighted by Crippen LogP contribution is -2.48. The minimum absolute atomic E-state index is 0.0568. The number of carbonyl (C=O) groups is 1. The van der Waals surface area contributed by atoms with Crippen LogP contribution >= 0.6 is 0 Å². The van der Waals surface area contributed by atoms with E-state index in [1.165, 1.54) is 0 Å². The zero-order chi connectivity index (χ0) is 12.5. The normalized spacial score (nSPS) is 34.4. The molecule has 0 saturated carbocycles. The minimum atomic E-state index is -2.92. The van der Waals surface area contributed by atoms with Crippen LogP contribution in [0.2, 0.25) is 0 Å². The zero-order valence-corrected chi connectivity index (χ0v) is 11.0. The van der Waals surface area contributed by atoms with Crippen LogP contribution < -0.4 is 5.32 Å². The Balaban J connectivity index is 2.09. The Labute approximate surface area is 102 Å². The number of hydrogen-bond acceptors (Lipinski definition) is 4. The van der Waals surface area contributed by atoms with E-state index >= 15 is 0 Å². The van der Waals surface area contributed by atoms with Gasteiger partial charge in [0.25, 0.3) is 0 Å². The molecule has 2 saturated heterocycles. The van der Waals surface area contributed by atoms with Gasteiger partial charge in [0.15, 0.2) is 9.84 Å². The monoisotopic (exact) mass is 260 g/mol. The molecule has 2 unspecified atom stereocenters. The number of amides is 1. The zero-order valence-electron chi connectivity index (χ0n) is 10.2. The molecule has 2 aliphatic rings. The largest absolute Gasteiger partial charge is 0.338 e. The Morgan fingerprint density at radius 2 is 2.18 bits per heavy atom. The first-order valence-corrected chi connectivity index (χ1v) is 8.03. The van der Waals surface area contributed by atoms with E-state index in [-0.39, 0.29) is 29.4 Å². The smallest absolute Gasteiger partial charge is 0.226 e. The molecule has 17 heavy (non-hydrogen) atoms. The summed E-state index contributed by atoms with van der Waals surface area (Å²) in [6.45, 7) is 4.16. The van der Waals surface area contributed by atoms with Crippen molar-refractivity contribution in [2.45, 2.75) is 25.8 Å². The van der Waals surface area contributed by atoms with Crippen LogP contribution in [0.25, 0.3) is 0 Å². The lowest BCUT2D eigenvalue weighted by molar-refractivity contribution is -0.137. The van der Waals surface area contributed by atoms with Gasteiger partial charge in [0.05, 0.1) is 11.5 Å². The average molecular weight is 260 g/mol. The van der Waals surface area contributed by atoms with Crippen LogP contribution in [0.4, 0.5) is 0 Å². The number of nitrogens with one attached hydrogen (secondary N) is 1. The SMILES string of the molecule is CC1CNCCCN(C2CCS(=O)(=O)C2)C1=O. The van der Waals surface area contributed by atoms with E-state index in [2.05, 4.69) is 5.32 Å². The topological polar surface area (TPSA) is 66.5 Å².